The van der Waals surface area contributed by atoms with Crippen LogP contribution in [-0.4, -0.2) is 50.8 Å². The molecule has 25 heavy (non-hydrogen) atoms. The summed E-state index contributed by atoms with van der Waals surface area (Å²) in [5.41, 5.74) is 0. The molecule has 5 atom stereocenters. The number of alkyl halides is 3. The molecule has 12 heteroatoms. The van der Waals surface area contributed by atoms with Crippen LogP contribution in [0.1, 0.15) is 25.0 Å². The third-order valence-electron chi connectivity index (χ3n) is 3.88. The summed E-state index contributed by atoms with van der Waals surface area (Å²) in [6, 6.07) is -0.986. The molecule has 2 amide bonds. The van der Waals surface area contributed by atoms with E-state index < -0.39 is 37.4 Å². The van der Waals surface area contributed by atoms with Crippen LogP contribution in [0.4, 0.5) is 10.7 Å². The van der Waals surface area contributed by atoms with Crippen molar-refractivity contribution in [3.63, 3.8) is 0 Å². The Morgan fingerprint density at radius 2 is 1.64 bits per heavy atom. The smallest absolute Gasteiger partial charge is 0.275 e. The summed E-state index contributed by atoms with van der Waals surface area (Å²) in [4.78, 5) is 23.8. The second-order valence-electron chi connectivity index (χ2n) is 5.89. The molecule has 0 saturated heterocycles. The third kappa shape index (κ3) is 4.84. The highest BCUT2D eigenvalue weighted by Crippen LogP contribution is 2.38. The van der Waals surface area contributed by atoms with Gasteiger partial charge in [0.1, 0.15) is 11.6 Å². The highest BCUT2D eigenvalue weighted by atomic mass is 35.5. The van der Waals surface area contributed by atoms with E-state index in [-0.39, 0.29) is 18.3 Å². The van der Waals surface area contributed by atoms with Crippen LogP contribution < -0.4 is 10.0 Å². The molecule has 0 radical (unpaired) electrons. The fourth-order valence-electron chi connectivity index (χ4n) is 2.63. The van der Waals surface area contributed by atoms with Crippen LogP contribution in [0.25, 0.3) is 0 Å². The van der Waals surface area contributed by atoms with E-state index in [1.54, 1.807) is 20.8 Å². The van der Waals surface area contributed by atoms with Gasteiger partial charge in [0, 0.05) is 0 Å². The number of hydrogen-bond donors (Lipinski definition) is 2. The lowest BCUT2D eigenvalue weighted by Gasteiger charge is -2.37. The second-order valence-corrected chi connectivity index (χ2v) is 9.36. The Morgan fingerprint density at radius 1 is 1.08 bits per heavy atom. The van der Waals surface area contributed by atoms with Crippen molar-refractivity contribution in [2.45, 2.75) is 48.6 Å². The number of hydrogen-bond acceptors (Lipinski definition) is 6. The Balaban J connectivity index is 2.11. The monoisotopic (exact) mass is 429 g/mol. The predicted octanol–water partition coefficient (Wildman–Crippen LogP) is 2.17. The number of carbonyl (C=O) groups is 1. The zero-order valence-electron chi connectivity index (χ0n) is 13.7. The van der Waals surface area contributed by atoms with E-state index in [0.29, 0.717) is 11.6 Å². The first-order valence-corrected chi connectivity index (χ1v) is 10.3. The minimum atomic E-state index is -4.07. The number of rotatable bonds is 3. The number of amides is 2. The van der Waals surface area contributed by atoms with Crippen molar-refractivity contribution in [1.82, 2.24) is 19.7 Å². The molecule has 0 bridgehead atoms. The molecule has 1 heterocycles. The average Bonchev–Trinajstić information content (AvgIpc) is 2.46. The lowest BCUT2D eigenvalue weighted by atomic mass is 9.89. The Kier molecular flexibility index (Phi) is 6.35. The van der Waals surface area contributed by atoms with Crippen LogP contribution in [0, 0.1) is 19.8 Å². The van der Waals surface area contributed by atoms with E-state index in [9.17, 15) is 13.2 Å². The van der Waals surface area contributed by atoms with Crippen molar-refractivity contribution in [3.05, 3.63) is 11.6 Å². The first-order valence-electron chi connectivity index (χ1n) is 7.45. The van der Waals surface area contributed by atoms with Crippen LogP contribution >= 0.6 is 34.8 Å². The molecule has 1 aliphatic rings. The van der Waals surface area contributed by atoms with Gasteiger partial charge < -0.3 is 0 Å². The minimum Gasteiger partial charge on any atom is -0.275 e. The van der Waals surface area contributed by atoms with Gasteiger partial charge in [0.05, 0.1) is 21.4 Å². The zero-order valence-corrected chi connectivity index (χ0v) is 16.8. The zero-order chi connectivity index (χ0) is 18.9. The van der Waals surface area contributed by atoms with Gasteiger partial charge in [-0.05, 0) is 26.2 Å². The van der Waals surface area contributed by atoms with Gasteiger partial charge in [-0.15, -0.1) is 34.8 Å². The number of urea groups is 1. The molecule has 2 N–H and O–H groups in total. The summed E-state index contributed by atoms with van der Waals surface area (Å²) >= 11 is 18.5. The fraction of sp³-hybridized carbons (Fsp3) is 0.692. The molecule has 5 unspecified atom stereocenters. The first kappa shape index (κ1) is 20.4. The molecular formula is C13H18Cl3N5O3S. The molecule has 1 aromatic heterocycles. The van der Waals surface area contributed by atoms with Crippen LogP contribution in [0.15, 0.2) is 0 Å². The number of sulfonamides is 1. The number of anilines is 1. The Hall–Kier alpha value is -0.900. The molecule has 140 valence electrons. The van der Waals surface area contributed by atoms with E-state index in [1.807, 2.05) is 4.72 Å². The summed E-state index contributed by atoms with van der Waals surface area (Å²) in [5.74, 6) is 0.405. The van der Waals surface area contributed by atoms with Gasteiger partial charge in [0.15, 0.2) is 0 Å². The third-order valence-corrected chi connectivity index (χ3v) is 7.76. The molecular weight excluding hydrogens is 413 g/mol. The summed E-state index contributed by atoms with van der Waals surface area (Å²) in [5, 5.41) is -0.558. The van der Waals surface area contributed by atoms with Gasteiger partial charge in [-0.3, -0.25) is 5.32 Å². The Bertz CT molecular complexity index is 743. The molecule has 0 spiro atoms. The fourth-order valence-corrected chi connectivity index (χ4v) is 5.67. The van der Waals surface area contributed by atoms with E-state index >= 15 is 0 Å². The van der Waals surface area contributed by atoms with Gasteiger partial charge in [0.25, 0.3) is 0 Å². The molecule has 2 rings (SSSR count). The molecule has 0 aromatic carbocycles. The summed E-state index contributed by atoms with van der Waals surface area (Å²) in [6.45, 7) is 4.97. The van der Waals surface area contributed by atoms with Crippen LogP contribution in [0.3, 0.4) is 0 Å². The molecule has 1 aromatic rings. The quantitative estimate of drug-likeness (QED) is 0.710. The number of aryl methyl sites for hydroxylation is 2. The SMILES string of the molecule is Cc1nc(C)nc(NC(=O)NS(=O)(=O)C2CC(Cl)C(Cl)C(C)C2Cl)n1. The first-order chi connectivity index (χ1) is 11.5. The van der Waals surface area contributed by atoms with Crippen molar-refractivity contribution >= 4 is 56.8 Å². The van der Waals surface area contributed by atoms with Crippen LogP contribution in [0.2, 0.25) is 0 Å². The van der Waals surface area contributed by atoms with Gasteiger partial charge in [-0.2, -0.15) is 9.97 Å². The average molecular weight is 431 g/mol. The summed E-state index contributed by atoms with van der Waals surface area (Å²) in [6.07, 6.45) is 0.0425. The maximum absolute atomic E-state index is 12.5. The number of nitrogens with one attached hydrogen (secondary N) is 2. The minimum absolute atomic E-state index is 0.0425. The number of nitrogens with zero attached hydrogens (tertiary/aromatic N) is 3. The maximum Gasteiger partial charge on any atom is 0.335 e. The molecule has 0 aliphatic heterocycles. The lowest BCUT2D eigenvalue weighted by molar-refractivity contribution is 0.256. The van der Waals surface area contributed by atoms with E-state index in [4.69, 9.17) is 34.8 Å². The molecule has 1 aliphatic carbocycles. The number of carbonyl (C=O) groups excluding carboxylic acids is 1. The molecule has 1 saturated carbocycles. The van der Waals surface area contributed by atoms with Crippen molar-refractivity contribution in [2.24, 2.45) is 5.92 Å². The van der Waals surface area contributed by atoms with Gasteiger partial charge in [0.2, 0.25) is 16.0 Å². The molecule has 8 nitrogen and oxygen atoms in total. The Morgan fingerprint density at radius 3 is 2.20 bits per heavy atom. The highest BCUT2D eigenvalue weighted by molar-refractivity contribution is 7.90. The van der Waals surface area contributed by atoms with Crippen LogP contribution in [-0.2, 0) is 10.0 Å². The van der Waals surface area contributed by atoms with E-state index in [0.717, 1.165) is 0 Å². The van der Waals surface area contributed by atoms with Gasteiger partial charge in [-0.1, -0.05) is 6.92 Å². The maximum atomic E-state index is 12.5. The standard InChI is InChI=1S/C13H18Cl3N5O3S/c1-5-10(15)8(14)4-9(11(5)16)25(23,24)21-13(22)20-12-18-6(2)17-7(3)19-12/h5,8-11H,4H2,1-3H3,(H2,17,18,19,20,21,22). The van der Waals surface area contributed by atoms with E-state index in [2.05, 4.69) is 20.3 Å². The predicted molar refractivity (Wildman–Crippen MR) is 96.9 cm³/mol. The molecule has 1 fully saturated rings. The van der Waals surface area contributed by atoms with Gasteiger partial charge >= 0.3 is 6.03 Å². The van der Waals surface area contributed by atoms with Gasteiger partial charge in [-0.25, -0.2) is 22.9 Å². The normalized spacial score (nSPS) is 29.9. The summed E-state index contributed by atoms with van der Waals surface area (Å²) in [7, 11) is -4.07. The van der Waals surface area contributed by atoms with Crippen LogP contribution in [0.5, 0.6) is 0 Å². The largest absolute Gasteiger partial charge is 0.335 e. The number of halogens is 3. The van der Waals surface area contributed by atoms with Crippen molar-refractivity contribution in [1.29, 1.82) is 0 Å². The van der Waals surface area contributed by atoms with Crippen molar-refractivity contribution < 1.29 is 13.2 Å². The lowest BCUT2D eigenvalue weighted by Crippen LogP contribution is -2.52. The Labute approximate surface area is 161 Å². The van der Waals surface area contributed by atoms with Crippen molar-refractivity contribution in [3.8, 4) is 0 Å². The summed E-state index contributed by atoms with van der Waals surface area (Å²) < 4.78 is 27.0. The number of aromatic nitrogens is 3. The topological polar surface area (TPSA) is 114 Å². The highest BCUT2D eigenvalue weighted by Gasteiger charge is 2.46. The second kappa shape index (κ2) is 7.77. The van der Waals surface area contributed by atoms with E-state index in [1.165, 1.54) is 0 Å². The van der Waals surface area contributed by atoms with Crippen molar-refractivity contribution in [2.75, 3.05) is 5.32 Å².